The number of hydrogen-bond acceptors (Lipinski definition) is 3. The maximum atomic E-state index is 6.45. The van der Waals surface area contributed by atoms with E-state index in [-0.39, 0.29) is 0 Å². The minimum Gasteiger partial charge on any atom is -0.496 e. The number of para-hydroxylation sites is 2. The van der Waals surface area contributed by atoms with E-state index >= 15 is 0 Å². The van der Waals surface area contributed by atoms with Crippen molar-refractivity contribution >= 4 is 17.4 Å². The van der Waals surface area contributed by atoms with Gasteiger partial charge in [0.1, 0.15) is 11.6 Å². The third-order valence-electron chi connectivity index (χ3n) is 4.84. The predicted octanol–water partition coefficient (Wildman–Crippen LogP) is 4.87. The van der Waals surface area contributed by atoms with Crippen molar-refractivity contribution in [2.24, 2.45) is 0 Å². The zero-order valence-electron chi connectivity index (χ0n) is 14.8. The van der Waals surface area contributed by atoms with E-state index in [0.29, 0.717) is 5.02 Å². The molecule has 26 heavy (non-hydrogen) atoms. The third kappa shape index (κ3) is 3.17. The van der Waals surface area contributed by atoms with Crippen molar-refractivity contribution in [1.29, 1.82) is 0 Å². The summed E-state index contributed by atoms with van der Waals surface area (Å²) in [6.45, 7) is 0.956. The molecule has 0 radical (unpaired) electrons. The first-order valence-electron chi connectivity index (χ1n) is 8.99. The number of anilines is 1. The molecule has 0 fully saturated rings. The summed E-state index contributed by atoms with van der Waals surface area (Å²) in [5.74, 6) is 1.97. The molecule has 3 aromatic rings. The molecule has 0 atom stereocenters. The van der Waals surface area contributed by atoms with Crippen LogP contribution in [0.15, 0.2) is 48.5 Å². The van der Waals surface area contributed by atoms with E-state index in [9.17, 15) is 0 Å². The van der Waals surface area contributed by atoms with Gasteiger partial charge in [0.2, 0.25) is 0 Å². The Kier molecular flexibility index (Phi) is 4.85. The fourth-order valence-corrected chi connectivity index (χ4v) is 3.76. The van der Waals surface area contributed by atoms with Gasteiger partial charge in [0.15, 0.2) is 0 Å². The van der Waals surface area contributed by atoms with Crippen LogP contribution >= 0.6 is 11.6 Å². The largest absolute Gasteiger partial charge is 0.496 e. The van der Waals surface area contributed by atoms with E-state index in [4.69, 9.17) is 21.4 Å². The maximum absolute atomic E-state index is 6.45. The number of nitrogens with zero attached hydrogens (tertiary/aromatic N) is 2. The Balaban J connectivity index is 1.81. The van der Waals surface area contributed by atoms with Gasteiger partial charge in [-0.05, 0) is 37.5 Å². The molecule has 1 N–H and O–H groups in total. The number of hydrogen-bond donors (Lipinski definition) is 1. The van der Waals surface area contributed by atoms with Crippen molar-refractivity contribution in [2.45, 2.75) is 25.7 Å². The topological polar surface area (TPSA) is 39.1 Å². The second-order valence-electron chi connectivity index (χ2n) is 6.51. The Morgan fingerprint density at radius 2 is 1.92 bits per heavy atom. The van der Waals surface area contributed by atoms with Gasteiger partial charge in [0.05, 0.1) is 23.5 Å². The number of fused-ring (bicyclic) bond motifs is 1. The highest BCUT2D eigenvalue weighted by atomic mass is 35.5. The number of ether oxygens (including phenoxy) is 1. The average Bonchev–Trinajstić information content (AvgIpc) is 2.84. The highest BCUT2D eigenvalue weighted by molar-refractivity contribution is 6.32. The van der Waals surface area contributed by atoms with E-state index in [2.05, 4.69) is 11.4 Å². The third-order valence-corrected chi connectivity index (χ3v) is 5.16. The van der Waals surface area contributed by atoms with Crippen LogP contribution in [0.4, 0.5) is 5.82 Å². The summed E-state index contributed by atoms with van der Waals surface area (Å²) in [5, 5.41) is 9.22. The highest BCUT2D eigenvalue weighted by Crippen LogP contribution is 2.32. The molecular formula is C21H22ClN3O. The Morgan fingerprint density at radius 3 is 2.77 bits per heavy atom. The van der Waals surface area contributed by atoms with Gasteiger partial charge in [-0.3, -0.25) is 0 Å². The quantitative estimate of drug-likeness (QED) is 0.714. The maximum Gasteiger partial charge on any atom is 0.133 e. The lowest BCUT2D eigenvalue weighted by Crippen LogP contribution is -2.07. The average molecular weight is 368 g/mol. The normalized spacial score (nSPS) is 13.6. The van der Waals surface area contributed by atoms with Gasteiger partial charge in [0.25, 0.3) is 0 Å². The van der Waals surface area contributed by atoms with Gasteiger partial charge in [-0.15, -0.1) is 0 Å². The Bertz CT molecular complexity index is 919. The Hall–Kier alpha value is -2.46. The number of aromatic nitrogens is 2. The van der Waals surface area contributed by atoms with Crippen molar-refractivity contribution < 1.29 is 4.74 Å². The van der Waals surface area contributed by atoms with Crippen molar-refractivity contribution in [2.75, 3.05) is 19.0 Å². The number of halogens is 1. The zero-order valence-corrected chi connectivity index (χ0v) is 15.6. The van der Waals surface area contributed by atoms with Crippen LogP contribution in [0.5, 0.6) is 5.75 Å². The Labute approximate surface area is 158 Å². The van der Waals surface area contributed by atoms with Gasteiger partial charge in [-0.1, -0.05) is 41.9 Å². The molecule has 2 aromatic carbocycles. The van der Waals surface area contributed by atoms with Crippen LogP contribution in [0.2, 0.25) is 5.02 Å². The van der Waals surface area contributed by atoms with Crippen molar-refractivity contribution in [3.8, 4) is 11.4 Å². The number of benzene rings is 2. The summed E-state index contributed by atoms with van der Waals surface area (Å²) >= 11 is 6.45. The molecule has 0 bridgehead atoms. The van der Waals surface area contributed by atoms with E-state index in [1.54, 1.807) is 7.11 Å². The molecule has 0 saturated heterocycles. The number of methoxy groups -OCH3 is 1. The van der Waals surface area contributed by atoms with Crippen LogP contribution in [0.1, 0.15) is 29.7 Å². The molecule has 4 nitrogen and oxygen atoms in total. The molecular weight excluding hydrogens is 346 g/mol. The second-order valence-corrected chi connectivity index (χ2v) is 6.92. The lowest BCUT2D eigenvalue weighted by Gasteiger charge is -2.10. The summed E-state index contributed by atoms with van der Waals surface area (Å²) in [5.41, 5.74) is 4.42. The minimum atomic E-state index is 0.702. The molecule has 0 amide bonds. The van der Waals surface area contributed by atoms with Crippen LogP contribution in [-0.2, 0) is 12.8 Å². The van der Waals surface area contributed by atoms with Crippen LogP contribution < -0.4 is 10.1 Å². The van der Waals surface area contributed by atoms with Gasteiger partial charge < -0.3 is 10.1 Å². The van der Waals surface area contributed by atoms with E-state index < -0.39 is 0 Å². The SMILES string of the molecule is COc1ccccc1Cc1nn(-c2ccccc2Cl)c2c1CCCCN2. The molecule has 1 aliphatic heterocycles. The summed E-state index contributed by atoms with van der Waals surface area (Å²) in [7, 11) is 1.71. The second kappa shape index (κ2) is 7.42. The summed E-state index contributed by atoms with van der Waals surface area (Å²) in [6.07, 6.45) is 4.08. The number of rotatable bonds is 4. The first-order valence-corrected chi connectivity index (χ1v) is 9.37. The van der Waals surface area contributed by atoms with Crippen LogP contribution in [0, 0.1) is 0 Å². The molecule has 0 aliphatic carbocycles. The molecule has 0 spiro atoms. The zero-order chi connectivity index (χ0) is 17.9. The molecule has 0 saturated carbocycles. The van der Waals surface area contributed by atoms with E-state index in [1.165, 1.54) is 5.56 Å². The van der Waals surface area contributed by atoms with Crippen molar-refractivity contribution in [3.63, 3.8) is 0 Å². The molecule has 5 heteroatoms. The summed E-state index contributed by atoms with van der Waals surface area (Å²) in [6, 6.07) is 16.0. The minimum absolute atomic E-state index is 0.702. The molecule has 1 aromatic heterocycles. The molecule has 2 heterocycles. The fraction of sp³-hybridized carbons (Fsp3) is 0.286. The predicted molar refractivity (Wildman–Crippen MR) is 106 cm³/mol. The van der Waals surface area contributed by atoms with Gasteiger partial charge in [-0.2, -0.15) is 5.10 Å². The van der Waals surface area contributed by atoms with Crippen LogP contribution in [-0.4, -0.2) is 23.4 Å². The van der Waals surface area contributed by atoms with E-state index in [1.807, 2.05) is 47.1 Å². The fourth-order valence-electron chi connectivity index (χ4n) is 3.54. The van der Waals surface area contributed by atoms with Crippen molar-refractivity contribution in [3.05, 3.63) is 70.4 Å². The van der Waals surface area contributed by atoms with E-state index in [0.717, 1.165) is 60.7 Å². The summed E-state index contributed by atoms with van der Waals surface area (Å²) < 4.78 is 7.49. The van der Waals surface area contributed by atoms with Gasteiger partial charge in [0, 0.05) is 24.1 Å². The standard InChI is InChI=1S/C21H22ClN3O/c1-26-20-12-5-2-8-15(20)14-18-16-9-6-7-13-23-21(16)25(24-18)19-11-4-3-10-17(19)22/h2-5,8,10-12,23H,6-7,9,13-14H2,1H3. The summed E-state index contributed by atoms with van der Waals surface area (Å²) in [4.78, 5) is 0. The van der Waals surface area contributed by atoms with Gasteiger partial charge in [-0.25, -0.2) is 4.68 Å². The molecule has 4 rings (SSSR count). The first-order chi connectivity index (χ1) is 12.8. The molecule has 134 valence electrons. The number of nitrogens with one attached hydrogen (secondary N) is 1. The van der Waals surface area contributed by atoms with Gasteiger partial charge >= 0.3 is 0 Å². The molecule has 0 unspecified atom stereocenters. The lowest BCUT2D eigenvalue weighted by molar-refractivity contribution is 0.410. The van der Waals surface area contributed by atoms with Crippen molar-refractivity contribution in [1.82, 2.24) is 9.78 Å². The Morgan fingerprint density at radius 1 is 1.12 bits per heavy atom. The van der Waals surface area contributed by atoms with Crippen LogP contribution in [0.25, 0.3) is 5.69 Å². The highest BCUT2D eigenvalue weighted by Gasteiger charge is 2.22. The first kappa shape index (κ1) is 17.0. The lowest BCUT2D eigenvalue weighted by atomic mass is 10.0. The van der Waals surface area contributed by atoms with Crippen LogP contribution in [0.3, 0.4) is 0 Å². The monoisotopic (exact) mass is 367 g/mol. The molecule has 1 aliphatic rings. The smallest absolute Gasteiger partial charge is 0.133 e.